The Balaban J connectivity index is 1.60. The minimum atomic E-state index is -1.74. The number of piperidine rings is 1. The van der Waals surface area contributed by atoms with Gasteiger partial charge < -0.3 is 4.90 Å². The third-order valence-electron chi connectivity index (χ3n) is 6.54. The first kappa shape index (κ1) is 17.0. The molecule has 0 N–H and O–H groups in total. The van der Waals surface area contributed by atoms with E-state index in [1.165, 1.54) is 25.3 Å². The van der Waals surface area contributed by atoms with Crippen molar-refractivity contribution in [3.63, 3.8) is 0 Å². The number of hydrogen-bond donors (Lipinski definition) is 0. The predicted molar refractivity (Wildman–Crippen MR) is 104 cm³/mol. The maximum absolute atomic E-state index is 12.9. The number of carbonyl (C=O) groups excluding carboxylic acids is 4. The Kier molecular flexibility index (Phi) is 3.48. The summed E-state index contributed by atoms with van der Waals surface area (Å²) in [6.07, 6.45) is 9.64. The van der Waals surface area contributed by atoms with Gasteiger partial charge in [-0.2, -0.15) is 0 Å². The monoisotopic (exact) mass is 373 g/mol. The summed E-state index contributed by atoms with van der Waals surface area (Å²) in [5.74, 6) is -1.98. The summed E-state index contributed by atoms with van der Waals surface area (Å²) in [7, 11) is 0. The number of rotatable bonds is 2. The maximum Gasteiger partial charge on any atom is 0.175 e. The molecule has 1 aromatic carbocycles. The average Bonchev–Trinajstić information content (AvgIpc) is 2.70. The van der Waals surface area contributed by atoms with E-state index in [4.69, 9.17) is 0 Å². The molecular weight excluding hydrogens is 354 g/mol. The van der Waals surface area contributed by atoms with Gasteiger partial charge in [0.25, 0.3) is 0 Å². The highest BCUT2D eigenvalue weighted by atomic mass is 16.2. The third-order valence-corrected chi connectivity index (χ3v) is 6.54. The van der Waals surface area contributed by atoms with Crippen LogP contribution in [0.2, 0.25) is 0 Å². The van der Waals surface area contributed by atoms with Gasteiger partial charge in [0.05, 0.1) is 0 Å². The molecule has 0 aromatic heterocycles. The summed E-state index contributed by atoms with van der Waals surface area (Å²) in [6, 6.07) is 7.71. The summed E-state index contributed by atoms with van der Waals surface area (Å²) in [5, 5.41) is 0. The quantitative estimate of drug-likeness (QED) is 0.745. The molecule has 1 aromatic rings. The molecule has 0 saturated carbocycles. The third kappa shape index (κ3) is 1.86. The van der Waals surface area contributed by atoms with Gasteiger partial charge in [-0.3, -0.25) is 19.2 Å². The van der Waals surface area contributed by atoms with Crippen molar-refractivity contribution in [3.8, 4) is 0 Å². The lowest BCUT2D eigenvalue weighted by atomic mass is 9.40. The number of ketones is 4. The molecule has 1 heterocycles. The second-order valence-corrected chi connectivity index (χ2v) is 7.83. The van der Waals surface area contributed by atoms with E-state index in [0.29, 0.717) is 11.1 Å². The first-order valence-corrected chi connectivity index (χ1v) is 9.64. The molecule has 1 saturated heterocycles. The predicted octanol–water partition coefficient (Wildman–Crippen LogP) is 2.46. The van der Waals surface area contributed by atoms with Crippen LogP contribution in [0.3, 0.4) is 0 Å². The van der Waals surface area contributed by atoms with Crippen LogP contribution in [0, 0.1) is 10.8 Å². The van der Waals surface area contributed by atoms with Crippen LogP contribution in [0.15, 0.2) is 54.6 Å². The number of allylic oxidation sites excluding steroid dienone is 6. The fourth-order valence-electron chi connectivity index (χ4n) is 5.10. The lowest BCUT2D eigenvalue weighted by molar-refractivity contribution is -0.154. The van der Waals surface area contributed by atoms with Crippen molar-refractivity contribution in [3.05, 3.63) is 60.2 Å². The number of nitrogens with zero attached hydrogens (tertiary/aromatic N) is 1. The molecule has 5 rings (SSSR count). The summed E-state index contributed by atoms with van der Waals surface area (Å²) >= 11 is 0. The molecular formula is C23H19NO4. The van der Waals surface area contributed by atoms with Crippen molar-refractivity contribution in [1.29, 1.82) is 0 Å². The molecule has 5 nitrogen and oxygen atoms in total. The Hall–Kier alpha value is -3.08. The standard InChI is InChI=1S/C23H19NO4/c25-18-8-10-20(27)23-17(14-22(18,23)19(26)9-11-21(23)28)15-4-6-16(7-5-15)24-12-2-1-3-13-24/h4-11,14H,1-3,12-13H2. The van der Waals surface area contributed by atoms with Crippen molar-refractivity contribution in [2.75, 3.05) is 18.0 Å². The molecule has 140 valence electrons. The highest BCUT2D eigenvalue weighted by molar-refractivity contribution is 6.42. The molecule has 3 aliphatic carbocycles. The smallest absolute Gasteiger partial charge is 0.175 e. The first-order valence-electron chi connectivity index (χ1n) is 9.64. The van der Waals surface area contributed by atoms with Crippen LogP contribution in [-0.4, -0.2) is 36.2 Å². The van der Waals surface area contributed by atoms with Gasteiger partial charge in [-0.25, -0.2) is 0 Å². The zero-order valence-corrected chi connectivity index (χ0v) is 15.3. The van der Waals surface area contributed by atoms with E-state index in [0.717, 1.165) is 43.1 Å². The van der Waals surface area contributed by atoms with Crippen LogP contribution in [0.25, 0.3) is 5.57 Å². The van der Waals surface area contributed by atoms with Gasteiger partial charge in [-0.05, 0) is 66.8 Å². The normalized spacial score (nSPS) is 31.3. The second kappa shape index (κ2) is 5.71. The van der Waals surface area contributed by atoms with E-state index in [9.17, 15) is 19.2 Å². The summed E-state index contributed by atoms with van der Waals surface area (Å²) in [6.45, 7) is 2.04. The lowest BCUT2D eigenvalue weighted by Crippen LogP contribution is -2.67. The molecule has 5 heteroatoms. The summed E-state index contributed by atoms with van der Waals surface area (Å²) in [4.78, 5) is 53.4. The van der Waals surface area contributed by atoms with Crippen LogP contribution in [0.1, 0.15) is 24.8 Å². The minimum absolute atomic E-state index is 0.461. The Morgan fingerprint density at radius 3 is 1.79 bits per heavy atom. The first-order chi connectivity index (χ1) is 13.5. The fourth-order valence-corrected chi connectivity index (χ4v) is 5.10. The molecule has 0 spiro atoms. The van der Waals surface area contributed by atoms with Gasteiger partial charge in [0.1, 0.15) is 10.8 Å². The Labute approximate surface area is 162 Å². The molecule has 4 aliphatic rings. The van der Waals surface area contributed by atoms with E-state index >= 15 is 0 Å². The average molecular weight is 373 g/mol. The fraction of sp³-hybridized carbons (Fsp3) is 0.304. The van der Waals surface area contributed by atoms with Crippen molar-refractivity contribution < 1.29 is 19.2 Å². The molecule has 0 atom stereocenters. The van der Waals surface area contributed by atoms with Gasteiger partial charge in [0, 0.05) is 18.8 Å². The van der Waals surface area contributed by atoms with E-state index in [-0.39, 0.29) is 0 Å². The van der Waals surface area contributed by atoms with E-state index in [2.05, 4.69) is 4.90 Å². The zero-order chi connectivity index (χ0) is 19.5. The number of anilines is 1. The molecule has 0 bridgehead atoms. The largest absolute Gasteiger partial charge is 0.372 e. The van der Waals surface area contributed by atoms with Crippen LogP contribution >= 0.6 is 0 Å². The van der Waals surface area contributed by atoms with Crippen LogP contribution in [0.5, 0.6) is 0 Å². The van der Waals surface area contributed by atoms with Crippen molar-refractivity contribution in [2.45, 2.75) is 19.3 Å². The molecule has 0 unspecified atom stereocenters. The highest BCUT2D eigenvalue weighted by Gasteiger charge is 2.75. The summed E-state index contributed by atoms with van der Waals surface area (Å²) < 4.78 is 0. The van der Waals surface area contributed by atoms with Crippen molar-refractivity contribution in [1.82, 2.24) is 0 Å². The van der Waals surface area contributed by atoms with Crippen LogP contribution in [-0.2, 0) is 19.2 Å². The maximum atomic E-state index is 12.9. The Morgan fingerprint density at radius 2 is 1.21 bits per heavy atom. The number of hydrogen-bond acceptors (Lipinski definition) is 5. The number of carbonyl (C=O) groups is 4. The van der Waals surface area contributed by atoms with Crippen LogP contribution < -0.4 is 4.90 Å². The molecule has 1 fully saturated rings. The molecule has 0 radical (unpaired) electrons. The zero-order valence-electron chi connectivity index (χ0n) is 15.3. The van der Waals surface area contributed by atoms with E-state index in [1.54, 1.807) is 0 Å². The van der Waals surface area contributed by atoms with E-state index < -0.39 is 34.0 Å². The summed E-state index contributed by atoms with van der Waals surface area (Å²) in [5.41, 5.74) is -1.18. The lowest BCUT2D eigenvalue weighted by Gasteiger charge is -2.54. The Morgan fingerprint density at radius 1 is 0.679 bits per heavy atom. The second-order valence-electron chi connectivity index (χ2n) is 7.83. The number of benzene rings is 1. The van der Waals surface area contributed by atoms with Crippen molar-refractivity contribution in [2.24, 2.45) is 10.8 Å². The SMILES string of the molecule is O=C1C=CC(=O)C23C(=O)C=CC(=O)C12C=C3c1ccc(N2CCCCC2)cc1. The van der Waals surface area contributed by atoms with Gasteiger partial charge in [0.2, 0.25) is 0 Å². The van der Waals surface area contributed by atoms with Gasteiger partial charge >= 0.3 is 0 Å². The van der Waals surface area contributed by atoms with Gasteiger partial charge in [0.15, 0.2) is 23.1 Å². The minimum Gasteiger partial charge on any atom is -0.372 e. The van der Waals surface area contributed by atoms with E-state index in [1.807, 2.05) is 24.3 Å². The molecule has 1 aliphatic heterocycles. The van der Waals surface area contributed by atoms with Crippen LogP contribution in [0.4, 0.5) is 5.69 Å². The highest BCUT2D eigenvalue weighted by Crippen LogP contribution is 2.64. The topological polar surface area (TPSA) is 71.5 Å². The van der Waals surface area contributed by atoms with Gasteiger partial charge in [-0.15, -0.1) is 0 Å². The molecule has 28 heavy (non-hydrogen) atoms. The van der Waals surface area contributed by atoms with Gasteiger partial charge in [-0.1, -0.05) is 18.2 Å². The Bertz CT molecular complexity index is 981. The molecule has 0 amide bonds. The van der Waals surface area contributed by atoms with Crippen molar-refractivity contribution >= 4 is 34.4 Å².